The predicted molar refractivity (Wildman–Crippen MR) is 124 cm³/mol. The molecular formula is C21H34Cl2N4O3. The zero-order valence-corrected chi connectivity index (χ0v) is 19.2. The molecule has 3 N–H and O–H groups in total. The number of ether oxygens (including phenoxy) is 1. The van der Waals surface area contributed by atoms with Crippen LogP contribution in [0.3, 0.4) is 0 Å². The third-order valence-corrected chi connectivity index (χ3v) is 5.78. The normalized spacial score (nSPS) is 18.0. The smallest absolute Gasteiger partial charge is 0.251 e. The molecular weight excluding hydrogens is 427 g/mol. The summed E-state index contributed by atoms with van der Waals surface area (Å²) in [4.78, 5) is 27.5. The first kappa shape index (κ1) is 26.7. The summed E-state index contributed by atoms with van der Waals surface area (Å²) in [5.74, 6) is -0.0926. The Morgan fingerprint density at radius 2 is 1.73 bits per heavy atom. The van der Waals surface area contributed by atoms with Crippen LogP contribution in [0.2, 0.25) is 0 Å². The molecule has 1 aromatic carbocycles. The molecule has 9 heteroatoms. The Hall–Kier alpha value is -1.38. The van der Waals surface area contributed by atoms with E-state index in [0.717, 1.165) is 45.6 Å². The van der Waals surface area contributed by atoms with Crippen LogP contribution in [0.15, 0.2) is 24.3 Å². The average Bonchev–Trinajstić information content (AvgIpc) is 3.23. The Kier molecular flexibility index (Phi) is 11.7. The summed E-state index contributed by atoms with van der Waals surface area (Å²) in [7, 11) is 1.63. The standard InChI is InChI=1S/C21H32N4O3.2ClH/c1-28-16-21(8-10-22-11-9-21)20(27)24-18-6-4-17(5-7-18)19(26)23-12-15-25-13-2-3-14-25;;/h4-7,22H,2-3,8-16H2,1H3,(H,23,26)(H,24,27);2*1H. The predicted octanol–water partition coefficient (Wildman–Crippen LogP) is 2.31. The van der Waals surface area contributed by atoms with Gasteiger partial charge in [0.25, 0.3) is 5.91 Å². The van der Waals surface area contributed by atoms with Crippen molar-refractivity contribution in [1.82, 2.24) is 15.5 Å². The number of piperidine rings is 1. The maximum Gasteiger partial charge on any atom is 0.251 e. The van der Waals surface area contributed by atoms with Crippen molar-refractivity contribution in [3.05, 3.63) is 29.8 Å². The third kappa shape index (κ3) is 7.10. The molecule has 0 atom stereocenters. The zero-order chi connectivity index (χ0) is 19.8. The molecule has 2 heterocycles. The van der Waals surface area contributed by atoms with Crippen molar-refractivity contribution in [2.24, 2.45) is 5.41 Å². The molecule has 0 aromatic heterocycles. The van der Waals surface area contributed by atoms with Gasteiger partial charge in [0.2, 0.25) is 5.91 Å². The van der Waals surface area contributed by atoms with Crippen molar-refractivity contribution >= 4 is 42.3 Å². The Labute approximate surface area is 191 Å². The van der Waals surface area contributed by atoms with Crippen molar-refractivity contribution in [2.45, 2.75) is 25.7 Å². The molecule has 0 saturated carbocycles. The van der Waals surface area contributed by atoms with Gasteiger partial charge in [-0.1, -0.05) is 0 Å². The summed E-state index contributed by atoms with van der Waals surface area (Å²) in [5.41, 5.74) is 0.812. The Morgan fingerprint density at radius 3 is 2.33 bits per heavy atom. The van der Waals surface area contributed by atoms with Crippen LogP contribution in [0.25, 0.3) is 0 Å². The van der Waals surface area contributed by atoms with Gasteiger partial charge in [-0.2, -0.15) is 0 Å². The van der Waals surface area contributed by atoms with Crippen LogP contribution in [-0.2, 0) is 9.53 Å². The number of carbonyl (C=O) groups is 2. The fraction of sp³-hybridized carbons (Fsp3) is 0.619. The van der Waals surface area contributed by atoms with Crippen molar-refractivity contribution < 1.29 is 14.3 Å². The maximum absolute atomic E-state index is 12.9. The molecule has 2 fully saturated rings. The lowest BCUT2D eigenvalue weighted by Gasteiger charge is -2.35. The number of amides is 2. The molecule has 1 aromatic rings. The van der Waals surface area contributed by atoms with E-state index in [2.05, 4.69) is 20.9 Å². The quantitative estimate of drug-likeness (QED) is 0.554. The van der Waals surface area contributed by atoms with Crippen LogP contribution in [0, 0.1) is 5.41 Å². The largest absolute Gasteiger partial charge is 0.384 e. The topological polar surface area (TPSA) is 82.7 Å². The highest BCUT2D eigenvalue weighted by Gasteiger charge is 2.39. The molecule has 0 unspecified atom stereocenters. The maximum atomic E-state index is 12.9. The molecule has 2 aliphatic heterocycles. The van der Waals surface area contributed by atoms with E-state index in [1.54, 1.807) is 31.4 Å². The van der Waals surface area contributed by atoms with Gasteiger partial charge in [-0.25, -0.2) is 0 Å². The minimum Gasteiger partial charge on any atom is -0.384 e. The summed E-state index contributed by atoms with van der Waals surface area (Å²) in [6.45, 7) is 5.86. The van der Waals surface area contributed by atoms with Crippen molar-refractivity contribution in [3.63, 3.8) is 0 Å². The van der Waals surface area contributed by atoms with Gasteiger partial charge < -0.3 is 25.6 Å². The van der Waals surface area contributed by atoms with E-state index < -0.39 is 5.41 Å². The Balaban J connectivity index is 0.00000225. The lowest BCUT2D eigenvalue weighted by molar-refractivity contribution is -0.130. The molecule has 30 heavy (non-hydrogen) atoms. The van der Waals surface area contributed by atoms with E-state index in [1.807, 2.05) is 0 Å². The molecule has 0 spiro atoms. The first-order chi connectivity index (χ1) is 13.6. The highest BCUT2D eigenvalue weighted by atomic mass is 35.5. The van der Waals surface area contributed by atoms with Crippen molar-refractivity contribution in [1.29, 1.82) is 0 Å². The van der Waals surface area contributed by atoms with Crippen LogP contribution < -0.4 is 16.0 Å². The first-order valence-corrected chi connectivity index (χ1v) is 10.2. The second-order valence-corrected chi connectivity index (χ2v) is 7.80. The summed E-state index contributed by atoms with van der Waals surface area (Å²) < 4.78 is 5.32. The number of hydrogen-bond donors (Lipinski definition) is 3. The second-order valence-electron chi connectivity index (χ2n) is 7.80. The second kappa shape index (κ2) is 13.1. The number of methoxy groups -OCH3 is 1. The minimum absolute atomic E-state index is 0. The SMILES string of the molecule is COCC1(C(=O)Nc2ccc(C(=O)NCCN3CCCC3)cc2)CCNCC1.Cl.Cl. The molecule has 3 rings (SSSR count). The van der Waals surface area contributed by atoms with Gasteiger partial charge in [0.05, 0.1) is 12.0 Å². The number of likely N-dealkylation sites (tertiary alicyclic amines) is 1. The van der Waals surface area contributed by atoms with E-state index >= 15 is 0 Å². The number of carbonyl (C=O) groups excluding carboxylic acids is 2. The molecule has 0 bridgehead atoms. The van der Waals surface area contributed by atoms with E-state index in [9.17, 15) is 9.59 Å². The zero-order valence-electron chi connectivity index (χ0n) is 17.6. The van der Waals surface area contributed by atoms with E-state index in [-0.39, 0.29) is 36.6 Å². The number of halogens is 2. The Morgan fingerprint density at radius 1 is 1.10 bits per heavy atom. The number of nitrogens with zero attached hydrogens (tertiary/aromatic N) is 1. The monoisotopic (exact) mass is 460 g/mol. The van der Waals surface area contributed by atoms with Gasteiger partial charge in [-0.15, -0.1) is 24.8 Å². The van der Waals surface area contributed by atoms with Crippen LogP contribution >= 0.6 is 24.8 Å². The number of anilines is 1. The highest BCUT2D eigenvalue weighted by molar-refractivity contribution is 5.97. The highest BCUT2D eigenvalue weighted by Crippen LogP contribution is 2.31. The lowest BCUT2D eigenvalue weighted by Crippen LogP contribution is -2.47. The van der Waals surface area contributed by atoms with E-state index in [1.165, 1.54) is 12.8 Å². The number of rotatable bonds is 8. The summed E-state index contributed by atoms with van der Waals surface area (Å²) in [6.07, 6.45) is 4.01. The van der Waals surface area contributed by atoms with Gasteiger partial charge >= 0.3 is 0 Å². The van der Waals surface area contributed by atoms with Gasteiger partial charge in [-0.05, 0) is 76.1 Å². The fourth-order valence-corrected chi connectivity index (χ4v) is 4.02. The fourth-order valence-electron chi connectivity index (χ4n) is 4.02. The van der Waals surface area contributed by atoms with Crippen LogP contribution in [0.4, 0.5) is 5.69 Å². The number of hydrogen-bond acceptors (Lipinski definition) is 5. The van der Waals surface area contributed by atoms with Gasteiger partial charge in [0.15, 0.2) is 0 Å². The van der Waals surface area contributed by atoms with Crippen molar-refractivity contribution in [2.75, 3.05) is 58.3 Å². The van der Waals surface area contributed by atoms with Gasteiger partial charge in [-0.3, -0.25) is 9.59 Å². The third-order valence-electron chi connectivity index (χ3n) is 5.78. The average molecular weight is 461 g/mol. The molecule has 0 radical (unpaired) electrons. The van der Waals surface area contributed by atoms with E-state index in [4.69, 9.17) is 4.74 Å². The Bertz CT molecular complexity index is 655. The van der Waals surface area contributed by atoms with Crippen LogP contribution in [0.1, 0.15) is 36.0 Å². The van der Waals surface area contributed by atoms with Crippen molar-refractivity contribution in [3.8, 4) is 0 Å². The number of benzene rings is 1. The summed E-state index contributed by atoms with van der Waals surface area (Å²) >= 11 is 0. The minimum atomic E-state index is -0.494. The molecule has 0 aliphatic carbocycles. The van der Waals surface area contributed by atoms with Gasteiger partial charge in [0.1, 0.15) is 0 Å². The van der Waals surface area contributed by atoms with Crippen LogP contribution in [-0.4, -0.2) is 69.7 Å². The lowest BCUT2D eigenvalue weighted by atomic mass is 9.78. The van der Waals surface area contributed by atoms with Crippen LogP contribution in [0.5, 0.6) is 0 Å². The summed E-state index contributed by atoms with van der Waals surface area (Å²) in [5, 5.41) is 9.26. The summed E-state index contributed by atoms with van der Waals surface area (Å²) in [6, 6.07) is 7.09. The molecule has 170 valence electrons. The van der Waals surface area contributed by atoms with Gasteiger partial charge in [0, 0.05) is 31.5 Å². The molecule has 2 amide bonds. The number of nitrogens with one attached hydrogen (secondary N) is 3. The molecule has 7 nitrogen and oxygen atoms in total. The molecule has 2 aliphatic rings. The van der Waals surface area contributed by atoms with E-state index in [0.29, 0.717) is 24.4 Å². The molecule has 2 saturated heterocycles. The first-order valence-electron chi connectivity index (χ1n) is 10.2.